The molecular formula is C57H102N4O39S4. The Balaban J connectivity index is 1.18. The van der Waals surface area contributed by atoms with E-state index < -0.39 is 183 Å². The summed E-state index contributed by atoms with van der Waals surface area (Å²) in [6.07, 6.45) is -35.2. The van der Waals surface area contributed by atoms with Crippen LogP contribution in [0.5, 0.6) is 0 Å². The van der Waals surface area contributed by atoms with Crippen molar-refractivity contribution in [3.63, 3.8) is 0 Å². The molecule has 0 bridgehead atoms. The smallest absolute Gasteiger partial charge is 0.397 e. The van der Waals surface area contributed by atoms with E-state index in [0.29, 0.717) is 71.6 Å². The van der Waals surface area contributed by atoms with Gasteiger partial charge in [0.15, 0.2) is 49.6 Å². The van der Waals surface area contributed by atoms with Gasteiger partial charge in [-0.05, 0) is 43.9 Å². The summed E-state index contributed by atoms with van der Waals surface area (Å²) < 4.78 is 216. The van der Waals surface area contributed by atoms with E-state index >= 15 is 0 Å². The molecular weight excluding hydrogens is 1490 g/mol. The summed E-state index contributed by atoms with van der Waals surface area (Å²) in [5.74, 6) is -4.43. The maximum atomic E-state index is 12.7. The first kappa shape index (κ1) is 92.5. The maximum absolute atomic E-state index is 12.7. The molecule has 4 aliphatic heterocycles. The number of hydrogen-bond donors (Lipinski definition) is 15. The van der Waals surface area contributed by atoms with Crippen LogP contribution in [0.1, 0.15) is 124 Å². The van der Waals surface area contributed by atoms with Gasteiger partial charge in [-0.15, -0.1) is 0 Å². The zero-order chi connectivity index (χ0) is 77.6. The minimum Gasteiger partial charge on any atom is -0.479 e. The minimum atomic E-state index is -5.82. The van der Waals surface area contributed by atoms with E-state index in [4.69, 9.17) is 56.8 Å². The van der Waals surface area contributed by atoms with Crippen molar-refractivity contribution in [2.75, 3.05) is 85.7 Å². The van der Waals surface area contributed by atoms with Gasteiger partial charge >= 0.3 is 53.4 Å². The Hall–Kier alpha value is -3.85. The number of aliphatic carboxylic acids is 2. The predicted octanol–water partition coefficient (Wildman–Crippen LogP) is -3.68. The highest BCUT2D eigenvalue weighted by molar-refractivity contribution is 7.83. The van der Waals surface area contributed by atoms with Crippen LogP contribution in [0.3, 0.4) is 0 Å². The van der Waals surface area contributed by atoms with Gasteiger partial charge in [0.2, 0.25) is 17.7 Å². The van der Waals surface area contributed by atoms with Crippen molar-refractivity contribution < 1.29 is 181 Å². The molecule has 0 spiro atoms. The number of aliphatic hydroxyl groups is 5. The fraction of sp³-hybridized carbons (Fsp3) is 0.912. The number of hydrogen-bond acceptors (Lipinski definition) is 33. The fourth-order valence-electron chi connectivity index (χ4n) is 10.7. The second-order valence-corrected chi connectivity index (χ2v) is 29.6. The summed E-state index contributed by atoms with van der Waals surface area (Å²) in [5.41, 5.74) is 0.0988. The Labute approximate surface area is 602 Å². The molecule has 0 saturated carbocycles. The van der Waals surface area contributed by atoms with Crippen LogP contribution in [-0.4, -0.2) is 320 Å². The normalized spacial score (nSPS) is 29.5. The van der Waals surface area contributed by atoms with Gasteiger partial charge in [-0.1, -0.05) is 59.8 Å². The van der Waals surface area contributed by atoms with Crippen molar-refractivity contribution in [3.8, 4) is 0 Å². The van der Waals surface area contributed by atoms with E-state index in [1.54, 1.807) is 0 Å². The Bertz CT molecular complexity index is 3070. The third-order valence-electron chi connectivity index (χ3n) is 16.4. The van der Waals surface area contributed by atoms with Crippen molar-refractivity contribution in [1.29, 1.82) is 0 Å². The molecule has 0 aromatic heterocycles. The highest BCUT2D eigenvalue weighted by Crippen LogP contribution is 2.37. The molecule has 47 heteroatoms. The van der Waals surface area contributed by atoms with Gasteiger partial charge in [-0.25, -0.2) is 22.1 Å². The number of ether oxygens (including phenoxy) is 12. The van der Waals surface area contributed by atoms with Crippen LogP contribution in [0.25, 0.3) is 0 Å². The number of aliphatic hydroxyl groups excluding tert-OH is 5. The predicted molar refractivity (Wildman–Crippen MR) is 346 cm³/mol. The second kappa shape index (κ2) is 45.3. The van der Waals surface area contributed by atoms with Gasteiger partial charge < -0.3 is 109 Å². The van der Waals surface area contributed by atoms with Crippen molar-refractivity contribution in [3.05, 3.63) is 0 Å². The van der Waals surface area contributed by atoms with Crippen LogP contribution >= 0.6 is 0 Å². The Kier molecular flexibility index (Phi) is 40.3. The summed E-state index contributed by atoms with van der Waals surface area (Å²) in [5, 5.41) is 84.8. The lowest BCUT2D eigenvalue weighted by Crippen LogP contribution is -2.68. The van der Waals surface area contributed by atoms with E-state index in [1.165, 1.54) is 11.6 Å². The SMILES string of the molecule is CCC1OC(OC2C(C(=O)O)OC(OC3C(O)CC(OC4C(C(=O)O)OC(OCCCCCCNC(=O)CCOCCOCCOCCNC(=O)CCCCCCCNC(=O)CCOCC(C)(C)CC)C(OS(=O)(=O)O)C4O)OC3COS(=O)(=O)O)C(OS(=O)(=O)O)C2O)C(NS(=O)(=O)O)C(O)C1O. The maximum Gasteiger partial charge on any atom is 0.397 e. The summed E-state index contributed by atoms with van der Waals surface area (Å²) in [4.78, 5) is 61.9. The number of carbonyl (C=O) groups excluding carboxylic acids is 3. The topological polar surface area (TPSA) is 631 Å². The molecule has 4 heterocycles. The van der Waals surface area contributed by atoms with Gasteiger partial charge in [0, 0.05) is 51.9 Å². The number of carbonyl (C=O) groups is 5. The fourth-order valence-corrected chi connectivity index (χ4v) is 12.6. The van der Waals surface area contributed by atoms with Gasteiger partial charge in [-0.3, -0.25) is 32.6 Å². The van der Waals surface area contributed by atoms with Crippen molar-refractivity contribution in [1.82, 2.24) is 20.7 Å². The number of carboxylic acid groups (broad SMARTS) is 2. The van der Waals surface area contributed by atoms with Crippen LogP contribution in [0, 0.1) is 5.41 Å². The highest BCUT2D eigenvalue weighted by Gasteiger charge is 2.58. The molecule has 0 radical (unpaired) electrons. The Morgan fingerprint density at radius 2 is 0.952 bits per heavy atom. The molecule has 4 rings (SSSR count). The monoisotopic (exact) mass is 1590 g/mol. The molecule has 4 aliphatic rings. The Morgan fingerprint density at radius 1 is 0.471 bits per heavy atom. The van der Waals surface area contributed by atoms with Gasteiger partial charge in [0.25, 0.3) is 0 Å². The van der Waals surface area contributed by atoms with Gasteiger partial charge in [-0.2, -0.15) is 38.4 Å². The highest BCUT2D eigenvalue weighted by atomic mass is 32.3. The zero-order valence-electron chi connectivity index (χ0n) is 57.8. The first-order chi connectivity index (χ1) is 48.7. The number of unbranched alkanes of at least 4 members (excludes halogenated alkanes) is 7. The number of rotatable bonds is 52. The van der Waals surface area contributed by atoms with Crippen LogP contribution in [0.4, 0.5) is 0 Å². The van der Waals surface area contributed by atoms with Crippen LogP contribution in [-0.2, 0) is 135 Å². The molecule has 0 aromatic rings. The zero-order valence-corrected chi connectivity index (χ0v) is 61.0. The van der Waals surface area contributed by atoms with E-state index in [1.807, 2.05) is 0 Å². The molecule has 104 heavy (non-hydrogen) atoms. The molecule has 15 N–H and O–H groups in total. The number of nitrogens with one attached hydrogen (secondary N) is 4. The second-order valence-electron chi connectivity index (χ2n) is 25.2. The van der Waals surface area contributed by atoms with Gasteiger partial charge in [0.1, 0.15) is 54.9 Å². The molecule has 4 saturated heterocycles. The van der Waals surface area contributed by atoms with Crippen LogP contribution in [0.2, 0.25) is 0 Å². The molecule has 0 aromatic carbocycles. The van der Waals surface area contributed by atoms with E-state index in [2.05, 4.69) is 49.3 Å². The summed E-state index contributed by atoms with van der Waals surface area (Å²) in [6.45, 7) is 9.67. The Morgan fingerprint density at radius 3 is 1.49 bits per heavy atom. The van der Waals surface area contributed by atoms with Crippen molar-refractivity contribution >= 4 is 71.2 Å². The quantitative estimate of drug-likeness (QED) is 0.0206. The van der Waals surface area contributed by atoms with E-state index in [0.717, 1.165) is 38.5 Å². The molecule has 4 fully saturated rings. The third-order valence-corrected chi connectivity index (χ3v) is 18.4. The molecule has 608 valence electrons. The lowest BCUT2D eigenvalue weighted by Gasteiger charge is -2.48. The molecule has 43 nitrogen and oxygen atoms in total. The van der Waals surface area contributed by atoms with E-state index in [-0.39, 0.29) is 82.0 Å². The number of amides is 3. The number of carboxylic acids is 2. The lowest BCUT2D eigenvalue weighted by atomic mass is 9.92. The van der Waals surface area contributed by atoms with Gasteiger partial charge in [0.05, 0.1) is 71.7 Å². The van der Waals surface area contributed by atoms with Crippen molar-refractivity contribution in [2.45, 2.75) is 241 Å². The average molecular weight is 1600 g/mol. The molecule has 19 unspecified atom stereocenters. The third kappa shape index (κ3) is 34.8. The van der Waals surface area contributed by atoms with E-state index in [9.17, 15) is 112 Å². The summed E-state index contributed by atoms with van der Waals surface area (Å²) in [6, 6.07) is -2.23. The summed E-state index contributed by atoms with van der Waals surface area (Å²) >= 11 is 0. The average Bonchev–Trinajstić information content (AvgIpc) is 0.772. The first-order valence-electron chi connectivity index (χ1n) is 33.6. The standard InChI is InChI=1S/C57H102N4O39S4/c1-5-34-41(66)42(67)40(61-101(74,75)76)54(93-34)96-47-44(69)49(100-104(83,84)85)56(98-51(47)53(72)73)95-45-33(62)30-39(92-35(45)31-91-102(77,78)79)94-46-43(68)48(99-103(80,81)82)55(97-50(46)52(70)71)90-22-15-11-10-14-20-58-37(64)17-23-86-26-28-88-29-27-87-25-21-60-36(63)16-12-8-7-9-13-19-59-38(65)18-24-89-32-57(3,4)6-2/h33-35,39-51,54-56,61-62,66-69H,5-32H2,1-4H3,(H,58,64)(H,59,65)(H,60,63)(H,70,71)(H,72,73)(H,74,75,76)(H,77,78,79)(H,80,81,82)(H,83,84,85). The summed E-state index contributed by atoms with van der Waals surface area (Å²) in [7, 11) is -22.2. The minimum absolute atomic E-state index is 0.0182. The van der Waals surface area contributed by atoms with Crippen LogP contribution in [0.15, 0.2) is 0 Å². The molecule has 19 atom stereocenters. The molecule has 0 aliphatic carbocycles. The molecule has 3 amide bonds. The lowest BCUT2D eigenvalue weighted by molar-refractivity contribution is -0.364. The van der Waals surface area contributed by atoms with Crippen molar-refractivity contribution in [2.24, 2.45) is 5.41 Å². The first-order valence-corrected chi connectivity index (χ1v) is 39.1. The largest absolute Gasteiger partial charge is 0.479 e. The van der Waals surface area contributed by atoms with Crippen LogP contribution < -0.4 is 20.7 Å².